The molecule has 0 saturated carbocycles. The lowest BCUT2D eigenvalue weighted by molar-refractivity contribution is 0.0674. The summed E-state index contributed by atoms with van der Waals surface area (Å²) in [6.45, 7) is 4.67. The molecule has 4 rings (SSSR count). The third-order valence-corrected chi connectivity index (χ3v) is 4.86. The molecule has 0 radical (unpaired) electrons. The fourth-order valence-corrected chi connectivity index (χ4v) is 3.66. The van der Waals surface area contributed by atoms with Crippen molar-refractivity contribution in [3.63, 3.8) is 0 Å². The molecule has 0 aromatic carbocycles. The minimum atomic E-state index is 0.276. The van der Waals surface area contributed by atoms with Crippen LogP contribution in [0.1, 0.15) is 29.4 Å². The molecule has 0 amide bonds. The summed E-state index contributed by atoms with van der Waals surface area (Å²) in [5.41, 5.74) is 3.23. The molecule has 0 bridgehead atoms. The van der Waals surface area contributed by atoms with Crippen molar-refractivity contribution in [1.82, 2.24) is 24.9 Å². The first-order valence-corrected chi connectivity index (χ1v) is 8.49. The van der Waals surface area contributed by atoms with Gasteiger partial charge in [0, 0.05) is 44.9 Å². The molecule has 2 aliphatic rings. The number of fused-ring (bicyclic) bond motifs is 1. The van der Waals surface area contributed by atoms with Gasteiger partial charge in [-0.2, -0.15) is 0 Å². The molecule has 1 saturated heterocycles. The zero-order chi connectivity index (χ0) is 16.4. The molecule has 2 aliphatic heterocycles. The van der Waals surface area contributed by atoms with E-state index in [0.717, 1.165) is 44.1 Å². The first-order chi connectivity index (χ1) is 11.8. The van der Waals surface area contributed by atoms with Gasteiger partial charge in [-0.1, -0.05) is 11.3 Å². The van der Waals surface area contributed by atoms with E-state index in [4.69, 9.17) is 9.47 Å². The molecule has 7 heteroatoms. The lowest BCUT2D eigenvalue weighted by Gasteiger charge is -2.35. The molecular weight excluding hydrogens is 306 g/mol. The Hall–Kier alpha value is -1.83. The van der Waals surface area contributed by atoms with Gasteiger partial charge in [-0.15, -0.1) is 5.10 Å². The van der Waals surface area contributed by atoms with Gasteiger partial charge in [-0.25, -0.2) is 0 Å². The van der Waals surface area contributed by atoms with E-state index in [2.05, 4.69) is 20.2 Å². The highest BCUT2D eigenvalue weighted by Crippen LogP contribution is 2.30. The summed E-state index contributed by atoms with van der Waals surface area (Å²) in [7, 11) is 1.96. The van der Waals surface area contributed by atoms with Gasteiger partial charge in [-0.3, -0.25) is 14.6 Å². The standard InChI is InChI=1S/C17H23N5O2/c1-21-17-13(10-24-11-14-4-2-3-6-18-14)8-22(9-16(17)19-20-21)15-5-7-23-12-15/h2-4,6,13,15H,5,7-12H2,1H3/t13-,15-/m1/s1. The normalized spacial score (nSPS) is 24.2. The van der Waals surface area contributed by atoms with E-state index in [1.54, 1.807) is 6.20 Å². The van der Waals surface area contributed by atoms with Crippen LogP contribution in [0.3, 0.4) is 0 Å². The lowest BCUT2D eigenvalue weighted by atomic mass is 9.97. The molecule has 0 N–H and O–H groups in total. The summed E-state index contributed by atoms with van der Waals surface area (Å²) in [4.78, 5) is 6.78. The highest BCUT2D eigenvalue weighted by Gasteiger charge is 2.34. The minimum Gasteiger partial charge on any atom is -0.380 e. The molecule has 24 heavy (non-hydrogen) atoms. The van der Waals surface area contributed by atoms with Crippen molar-refractivity contribution in [2.45, 2.75) is 31.5 Å². The Morgan fingerprint density at radius 1 is 1.38 bits per heavy atom. The maximum absolute atomic E-state index is 5.96. The molecule has 2 aromatic heterocycles. The summed E-state index contributed by atoms with van der Waals surface area (Å²) in [6, 6.07) is 6.37. The summed E-state index contributed by atoms with van der Waals surface area (Å²) in [6.07, 6.45) is 2.89. The first kappa shape index (κ1) is 15.7. The van der Waals surface area contributed by atoms with E-state index in [9.17, 15) is 0 Å². The van der Waals surface area contributed by atoms with Crippen LogP contribution in [0.25, 0.3) is 0 Å². The van der Waals surface area contributed by atoms with Crippen molar-refractivity contribution < 1.29 is 9.47 Å². The van der Waals surface area contributed by atoms with Gasteiger partial charge in [-0.05, 0) is 18.6 Å². The monoisotopic (exact) mass is 329 g/mol. The van der Waals surface area contributed by atoms with E-state index >= 15 is 0 Å². The third kappa shape index (κ3) is 3.19. The summed E-state index contributed by atoms with van der Waals surface area (Å²) >= 11 is 0. The second-order valence-electron chi connectivity index (χ2n) is 6.52. The van der Waals surface area contributed by atoms with E-state index in [0.29, 0.717) is 19.3 Å². The molecule has 1 fully saturated rings. The highest BCUT2D eigenvalue weighted by molar-refractivity contribution is 5.20. The van der Waals surface area contributed by atoms with Crippen molar-refractivity contribution in [2.24, 2.45) is 7.05 Å². The van der Waals surface area contributed by atoms with E-state index < -0.39 is 0 Å². The average molecular weight is 329 g/mol. The molecule has 4 heterocycles. The SMILES string of the molecule is Cn1nnc2c1[C@@H](COCc1ccccn1)CN([C@@H]1CCOC1)C2. The highest BCUT2D eigenvalue weighted by atomic mass is 16.5. The molecule has 2 atom stereocenters. The van der Waals surface area contributed by atoms with Gasteiger partial charge < -0.3 is 9.47 Å². The van der Waals surface area contributed by atoms with Crippen LogP contribution in [0.15, 0.2) is 24.4 Å². The number of nitrogens with zero attached hydrogens (tertiary/aromatic N) is 5. The predicted octanol–water partition coefficient (Wildman–Crippen LogP) is 1.11. The van der Waals surface area contributed by atoms with Gasteiger partial charge in [0.15, 0.2) is 0 Å². The van der Waals surface area contributed by atoms with Crippen molar-refractivity contribution in [3.8, 4) is 0 Å². The van der Waals surface area contributed by atoms with Gasteiger partial charge in [0.2, 0.25) is 0 Å². The number of hydrogen-bond donors (Lipinski definition) is 0. The number of ether oxygens (including phenoxy) is 2. The number of rotatable bonds is 5. The van der Waals surface area contributed by atoms with E-state index in [-0.39, 0.29) is 5.92 Å². The largest absolute Gasteiger partial charge is 0.380 e. The number of aryl methyl sites for hydroxylation is 1. The molecular formula is C17H23N5O2. The fraction of sp³-hybridized carbons (Fsp3) is 0.588. The van der Waals surface area contributed by atoms with Gasteiger partial charge in [0.25, 0.3) is 0 Å². The van der Waals surface area contributed by atoms with Crippen LogP contribution in [0.4, 0.5) is 0 Å². The Morgan fingerprint density at radius 2 is 2.33 bits per heavy atom. The fourth-order valence-electron chi connectivity index (χ4n) is 3.66. The first-order valence-electron chi connectivity index (χ1n) is 8.49. The zero-order valence-corrected chi connectivity index (χ0v) is 14.0. The number of aromatic nitrogens is 4. The Bertz CT molecular complexity index is 669. The second kappa shape index (κ2) is 6.96. The lowest BCUT2D eigenvalue weighted by Crippen LogP contribution is -2.43. The third-order valence-electron chi connectivity index (χ3n) is 4.86. The summed E-state index contributed by atoms with van der Waals surface area (Å²) in [5, 5.41) is 8.57. The smallest absolute Gasteiger partial charge is 0.100 e. The topological polar surface area (TPSA) is 65.3 Å². The van der Waals surface area contributed by atoms with Crippen molar-refractivity contribution in [3.05, 3.63) is 41.5 Å². The van der Waals surface area contributed by atoms with Crippen LogP contribution < -0.4 is 0 Å². The van der Waals surface area contributed by atoms with Gasteiger partial charge in [0.1, 0.15) is 5.69 Å². The van der Waals surface area contributed by atoms with E-state index in [1.807, 2.05) is 29.9 Å². The molecule has 128 valence electrons. The Labute approximate surface area is 141 Å². The second-order valence-corrected chi connectivity index (χ2v) is 6.52. The Balaban J connectivity index is 1.44. The summed E-state index contributed by atoms with van der Waals surface area (Å²) in [5.74, 6) is 0.276. The molecule has 0 unspecified atom stereocenters. The van der Waals surface area contributed by atoms with E-state index in [1.165, 1.54) is 5.69 Å². The van der Waals surface area contributed by atoms with Crippen LogP contribution in [0.5, 0.6) is 0 Å². The maximum Gasteiger partial charge on any atom is 0.100 e. The van der Waals surface area contributed by atoms with Crippen LogP contribution in [-0.2, 0) is 29.7 Å². The zero-order valence-electron chi connectivity index (χ0n) is 14.0. The molecule has 0 spiro atoms. The van der Waals surface area contributed by atoms with Crippen molar-refractivity contribution in [1.29, 1.82) is 0 Å². The molecule has 7 nitrogen and oxygen atoms in total. The van der Waals surface area contributed by atoms with Gasteiger partial charge in [0.05, 0.1) is 31.2 Å². The van der Waals surface area contributed by atoms with Crippen LogP contribution in [-0.4, -0.2) is 57.3 Å². The Kier molecular flexibility index (Phi) is 4.55. The maximum atomic E-state index is 5.96. The van der Waals surface area contributed by atoms with Crippen LogP contribution >= 0.6 is 0 Å². The van der Waals surface area contributed by atoms with Crippen molar-refractivity contribution >= 4 is 0 Å². The molecule has 0 aliphatic carbocycles. The average Bonchev–Trinajstić information content (AvgIpc) is 3.26. The van der Waals surface area contributed by atoms with Crippen LogP contribution in [0.2, 0.25) is 0 Å². The number of hydrogen-bond acceptors (Lipinski definition) is 6. The van der Waals surface area contributed by atoms with Gasteiger partial charge >= 0.3 is 0 Å². The minimum absolute atomic E-state index is 0.276. The van der Waals surface area contributed by atoms with Crippen LogP contribution in [0, 0.1) is 0 Å². The number of pyridine rings is 1. The summed E-state index contributed by atoms with van der Waals surface area (Å²) < 4.78 is 13.4. The predicted molar refractivity (Wildman–Crippen MR) is 87.3 cm³/mol. The quantitative estimate of drug-likeness (QED) is 0.819. The molecule has 2 aromatic rings. The van der Waals surface area contributed by atoms with Crippen molar-refractivity contribution in [2.75, 3.05) is 26.4 Å². The Morgan fingerprint density at radius 3 is 3.12 bits per heavy atom.